The summed E-state index contributed by atoms with van der Waals surface area (Å²) in [6, 6.07) is 0. The minimum Gasteiger partial charge on any atom is -0.469 e. The van der Waals surface area contributed by atoms with Crippen LogP contribution >= 0.6 is 11.3 Å². The van der Waals surface area contributed by atoms with Crippen molar-refractivity contribution in [1.29, 1.82) is 0 Å². The molecule has 0 aliphatic carbocycles. The summed E-state index contributed by atoms with van der Waals surface area (Å²) < 4.78 is 4.54. The highest BCUT2D eigenvalue weighted by atomic mass is 32.1. The topological polar surface area (TPSA) is 88.6 Å². The molecule has 2 rings (SSSR count). The average molecular weight is 297 g/mol. The lowest BCUT2D eigenvalue weighted by Crippen LogP contribution is -2.25. The van der Waals surface area contributed by atoms with Crippen LogP contribution in [0.25, 0.3) is 0 Å². The van der Waals surface area contributed by atoms with Crippen molar-refractivity contribution < 1.29 is 19.1 Å². The number of aromatic nitrogens is 1. The molecule has 0 saturated carbocycles. The van der Waals surface area contributed by atoms with Gasteiger partial charge in [0.2, 0.25) is 11.8 Å². The van der Waals surface area contributed by atoms with Gasteiger partial charge < -0.3 is 15.0 Å². The van der Waals surface area contributed by atoms with Crippen molar-refractivity contribution in [2.75, 3.05) is 26.0 Å². The maximum atomic E-state index is 12.0. The molecule has 2 heterocycles. The fraction of sp³-hybridized carbons (Fsp3) is 0.500. The third-order valence-electron chi connectivity index (χ3n) is 3.05. The number of thiazole rings is 1. The lowest BCUT2D eigenvalue weighted by Gasteiger charge is -2.09. The normalized spacial score (nSPS) is 18.2. The molecule has 1 aromatic rings. The summed E-state index contributed by atoms with van der Waals surface area (Å²) in [5.74, 6) is -0.978. The monoisotopic (exact) mass is 297 g/mol. The molecule has 1 aromatic heterocycles. The number of carbonyl (C=O) groups excluding carboxylic acids is 3. The van der Waals surface area contributed by atoms with Gasteiger partial charge in [0.1, 0.15) is 0 Å². The van der Waals surface area contributed by atoms with Gasteiger partial charge in [-0.2, -0.15) is 0 Å². The Morgan fingerprint density at radius 3 is 2.95 bits per heavy atom. The van der Waals surface area contributed by atoms with Gasteiger partial charge in [-0.3, -0.25) is 14.4 Å². The molecular weight excluding hydrogens is 282 g/mol. The van der Waals surface area contributed by atoms with Crippen LogP contribution in [-0.4, -0.2) is 48.4 Å². The Labute approximate surface area is 119 Å². The van der Waals surface area contributed by atoms with Crippen LogP contribution in [0.15, 0.2) is 5.38 Å². The first-order valence-electron chi connectivity index (χ1n) is 6.05. The molecule has 1 N–H and O–H groups in total. The Balaban J connectivity index is 1.92. The fourth-order valence-electron chi connectivity index (χ4n) is 1.91. The van der Waals surface area contributed by atoms with Crippen LogP contribution in [0.4, 0.5) is 5.13 Å². The van der Waals surface area contributed by atoms with Crippen molar-refractivity contribution in [2.24, 2.45) is 5.92 Å². The van der Waals surface area contributed by atoms with Crippen molar-refractivity contribution >= 4 is 34.3 Å². The van der Waals surface area contributed by atoms with Crippen molar-refractivity contribution in [3.63, 3.8) is 0 Å². The van der Waals surface area contributed by atoms with E-state index in [1.807, 2.05) is 0 Å². The second-order valence-corrected chi connectivity index (χ2v) is 5.42. The van der Waals surface area contributed by atoms with Gasteiger partial charge in [-0.25, -0.2) is 4.98 Å². The van der Waals surface area contributed by atoms with Crippen LogP contribution in [0.5, 0.6) is 0 Å². The number of hydrogen-bond acceptors (Lipinski definition) is 6. The van der Waals surface area contributed by atoms with Crippen LogP contribution in [0, 0.1) is 5.92 Å². The number of hydrogen-bond donors (Lipinski definition) is 1. The number of carbonyl (C=O) groups is 3. The molecule has 1 atom stereocenters. The van der Waals surface area contributed by atoms with Crippen molar-refractivity contribution in [3.05, 3.63) is 11.1 Å². The molecule has 2 amide bonds. The summed E-state index contributed by atoms with van der Waals surface area (Å²) >= 11 is 1.24. The maximum absolute atomic E-state index is 12.0. The number of ether oxygens (including phenoxy) is 1. The van der Waals surface area contributed by atoms with Crippen LogP contribution in [-0.2, 0) is 25.5 Å². The van der Waals surface area contributed by atoms with Crippen LogP contribution < -0.4 is 5.32 Å². The van der Waals surface area contributed by atoms with Gasteiger partial charge >= 0.3 is 5.97 Å². The quantitative estimate of drug-likeness (QED) is 0.806. The van der Waals surface area contributed by atoms with E-state index in [-0.39, 0.29) is 36.5 Å². The predicted molar refractivity (Wildman–Crippen MR) is 72.2 cm³/mol. The zero-order chi connectivity index (χ0) is 14.7. The largest absolute Gasteiger partial charge is 0.469 e. The molecule has 108 valence electrons. The van der Waals surface area contributed by atoms with Crippen molar-refractivity contribution in [1.82, 2.24) is 9.88 Å². The van der Waals surface area contributed by atoms with E-state index in [1.54, 1.807) is 12.4 Å². The molecule has 8 heteroatoms. The molecule has 0 aromatic carbocycles. The lowest BCUT2D eigenvalue weighted by molar-refractivity contribution is -0.139. The lowest BCUT2D eigenvalue weighted by atomic mass is 10.1. The summed E-state index contributed by atoms with van der Waals surface area (Å²) in [4.78, 5) is 40.1. The Hall–Kier alpha value is -1.96. The number of nitrogens with zero attached hydrogens (tertiary/aromatic N) is 2. The SMILES string of the molecule is COC(=O)Cc1csc(NC(=O)C2CC(=O)N(C)C2)n1. The number of likely N-dealkylation sites (tertiary alicyclic amines) is 1. The molecule has 1 unspecified atom stereocenters. The van der Waals surface area contributed by atoms with Gasteiger partial charge in [0, 0.05) is 25.4 Å². The van der Waals surface area contributed by atoms with Crippen LogP contribution in [0.3, 0.4) is 0 Å². The van der Waals surface area contributed by atoms with Crippen LogP contribution in [0.1, 0.15) is 12.1 Å². The first-order chi connectivity index (χ1) is 9.49. The van der Waals surface area contributed by atoms with Crippen molar-refractivity contribution in [3.8, 4) is 0 Å². The summed E-state index contributed by atoms with van der Waals surface area (Å²) in [5, 5.41) is 4.79. The number of methoxy groups -OCH3 is 1. The van der Waals surface area contributed by atoms with Gasteiger partial charge in [0.05, 0.1) is 25.1 Å². The molecule has 1 fully saturated rings. The highest BCUT2D eigenvalue weighted by Gasteiger charge is 2.32. The Kier molecular flexibility index (Phi) is 4.33. The molecule has 1 saturated heterocycles. The Morgan fingerprint density at radius 2 is 2.35 bits per heavy atom. The smallest absolute Gasteiger partial charge is 0.311 e. The van der Waals surface area contributed by atoms with Crippen molar-refractivity contribution in [2.45, 2.75) is 12.8 Å². The van der Waals surface area contributed by atoms with Gasteiger partial charge in [0.25, 0.3) is 0 Å². The number of rotatable bonds is 4. The summed E-state index contributed by atoms with van der Waals surface area (Å²) in [6.07, 6.45) is 0.302. The van der Waals surface area contributed by atoms with E-state index < -0.39 is 0 Å². The second kappa shape index (κ2) is 6.00. The minimum atomic E-state index is -0.379. The number of esters is 1. The predicted octanol–water partition coefficient (Wildman–Crippen LogP) is 0.275. The standard InChI is InChI=1S/C12H15N3O4S/c1-15-5-7(3-9(15)16)11(18)14-12-13-8(6-20-12)4-10(17)19-2/h6-7H,3-5H2,1-2H3,(H,13,14,18). The van der Waals surface area contributed by atoms with Gasteiger partial charge in [-0.1, -0.05) is 0 Å². The van der Waals surface area contributed by atoms with Gasteiger partial charge in [-0.05, 0) is 0 Å². The zero-order valence-corrected chi connectivity index (χ0v) is 12.0. The second-order valence-electron chi connectivity index (χ2n) is 4.56. The third-order valence-corrected chi connectivity index (χ3v) is 3.85. The highest BCUT2D eigenvalue weighted by Crippen LogP contribution is 2.21. The third kappa shape index (κ3) is 3.32. The minimum absolute atomic E-state index is 0.0318. The van der Waals surface area contributed by atoms with Gasteiger partial charge in [-0.15, -0.1) is 11.3 Å². The number of nitrogens with one attached hydrogen (secondary N) is 1. The van der Waals surface area contributed by atoms with E-state index in [9.17, 15) is 14.4 Å². The fourth-order valence-corrected chi connectivity index (χ4v) is 2.63. The van der Waals surface area contributed by atoms with E-state index >= 15 is 0 Å². The molecular formula is C12H15N3O4S. The Bertz CT molecular complexity index is 543. The molecule has 0 radical (unpaired) electrons. The summed E-state index contributed by atoms with van der Waals surface area (Å²) in [7, 11) is 2.98. The first-order valence-corrected chi connectivity index (χ1v) is 6.93. The van der Waals surface area contributed by atoms with Crippen LogP contribution in [0.2, 0.25) is 0 Å². The summed E-state index contributed by atoms with van der Waals surface area (Å²) in [6.45, 7) is 0.422. The molecule has 0 spiro atoms. The van der Waals surface area contributed by atoms with Gasteiger partial charge in [0.15, 0.2) is 5.13 Å². The van der Waals surface area contributed by atoms with E-state index in [4.69, 9.17) is 0 Å². The van der Waals surface area contributed by atoms with E-state index in [1.165, 1.54) is 23.3 Å². The Morgan fingerprint density at radius 1 is 1.60 bits per heavy atom. The van der Waals surface area contributed by atoms with E-state index in [2.05, 4.69) is 15.0 Å². The first kappa shape index (κ1) is 14.4. The van der Waals surface area contributed by atoms with E-state index in [0.29, 0.717) is 17.4 Å². The molecule has 7 nitrogen and oxygen atoms in total. The highest BCUT2D eigenvalue weighted by molar-refractivity contribution is 7.13. The molecule has 1 aliphatic heterocycles. The average Bonchev–Trinajstić information content (AvgIpc) is 2.97. The maximum Gasteiger partial charge on any atom is 0.311 e. The number of amides is 2. The zero-order valence-electron chi connectivity index (χ0n) is 11.2. The molecule has 0 bridgehead atoms. The number of anilines is 1. The molecule has 20 heavy (non-hydrogen) atoms. The summed E-state index contributed by atoms with van der Waals surface area (Å²) in [5.41, 5.74) is 0.553. The van der Waals surface area contributed by atoms with E-state index in [0.717, 1.165) is 0 Å². The molecule has 1 aliphatic rings.